The van der Waals surface area contributed by atoms with Crippen molar-refractivity contribution in [2.24, 2.45) is 0 Å². The first kappa shape index (κ1) is 17.8. The van der Waals surface area contributed by atoms with E-state index in [1.807, 2.05) is 12.1 Å². The Morgan fingerprint density at radius 3 is 2.68 bits per heavy atom. The average Bonchev–Trinajstić information content (AvgIpc) is 3.06. The van der Waals surface area contributed by atoms with Crippen molar-refractivity contribution in [3.05, 3.63) is 63.6 Å². The molecule has 4 nitrogen and oxygen atoms in total. The topological polar surface area (TPSA) is 56.1 Å². The highest BCUT2D eigenvalue weighted by Gasteiger charge is 2.30. The lowest BCUT2D eigenvalue weighted by Gasteiger charge is -2.24. The Bertz CT molecular complexity index is 814. The number of nitrogens with zero attached hydrogens (tertiary/aromatic N) is 2. The van der Waals surface area contributed by atoms with Crippen LogP contribution in [-0.2, 0) is 11.3 Å². The molecule has 128 valence electrons. The Morgan fingerprint density at radius 1 is 1.24 bits per heavy atom. The Labute approximate surface area is 157 Å². The van der Waals surface area contributed by atoms with Gasteiger partial charge in [0.1, 0.15) is 0 Å². The van der Waals surface area contributed by atoms with Crippen LogP contribution in [0.4, 0.5) is 5.69 Å². The zero-order valence-corrected chi connectivity index (χ0v) is 15.0. The van der Waals surface area contributed by atoms with Gasteiger partial charge in [0.15, 0.2) is 0 Å². The van der Waals surface area contributed by atoms with Crippen molar-refractivity contribution in [3.63, 3.8) is 0 Å². The molecule has 0 saturated carbocycles. The van der Waals surface area contributed by atoms with Gasteiger partial charge in [-0.2, -0.15) is 5.26 Å². The van der Waals surface area contributed by atoms with E-state index in [1.165, 1.54) is 0 Å². The molecule has 0 spiro atoms. The zero-order chi connectivity index (χ0) is 17.8. The summed E-state index contributed by atoms with van der Waals surface area (Å²) in [4.78, 5) is 14.8. The van der Waals surface area contributed by atoms with E-state index in [0.717, 1.165) is 24.9 Å². The molecule has 1 atom stereocenters. The first-order valence-electron chi connectivity index (χ1n) is 8.06. The average molecular weight is 374 g/mol. The molecule has 6 heteroatoms. The maximum atomic E-state index is 12.7. The van der Waals surface area contributed by atoms with Crippen LogP contribution in [0.1, 0.15) is 24.0 Å². The van der Waals surface area contributed by atoms with Crippen molar-refractivity contribution in [2.45, 2.75) is 25.4 Å². The third kappa shape index (κ3) is 4.32. The second kappa shape index (κ2) is 7.88. The molecule has 0 aromatic heterocycles. The van der Waals surface area contributed by atoms with Crippen LogP contribution in [0.25, 0.3) is 0 Å². The molecule has 1 saturated heterocycles. The summed E-state index contributed by atoms with van der Waals surface area (Å²) < 4.78 is 0. The Balaban J connectivity index is 1.67. The van der Waals surface area contributed by atoms with E-state index in [9.17, 15) is 4.79 Å². The number of rotatable bonds is 4. The SMILES string of the molecule is N#Cc1ccc(CN2CCC[C@H]2C(=O)Nc2ccc(Cl)cc2Cl)cc1. The van der Waals surface area contributed by atoms with Crippen LogP contribution in [0.5, 0.6) is 0 Å². The molecule has 2 aromatic carbocycles. The molecular weight excluding hydrogens is 357 g/mol. The van der Waals surface area contributed by atoms with Crippen molar-refractivity contribution < 1.29 is 4.79 Å². The quantitative estimate of drug-likeness (QED) is 0.859. The van der Waals surface area contributed by atoms with Gasteiger partial charge in [-0.3, -0.25) is 9.69 Å². The molecule has 2 aromatic rings. The number of likely N-dealkylation sites (tertiary alicyclic amines) is 1. The number of nitrogens with one attached hydrogen (secondary N) is 1. The van der Waals surface area contributed by atoms with Crippen molar-refractivity contribution in [2.75, 3.05) is 11.9 Å². The number of carbonyl (C=O) groups is 1. The van der Waals surface area contributed by atoms with E-state index in [4.69, 9.17) is 28.5 Å². The zero-order valence-electron chi connectivity index (χ0n) is 13.5. The first-order valence-corrected chi connectivity index (χ1v) is 8.81. The molecule has 0 bridgehead atoms. The third-order valence-corrected chi connectivity index (χ3v) is 4.87. The fourth-order valence-corrected chi connectivity index (χ4v) is 3.49. The van der Waals surface area contributed by atoms with Crippen molar-refractivity contribution >= 4 is 34.8 Å². The third-order valence-electron chi connectivity index (χ3n) is 4.32. The van der Waals surface area contributed by atoms with Gasteiger partial charge in [-0.1, -0.05) is 35.3 Å². The Kier molecular flexibility index (Phi) is 5.60. The second-order valence-corrected chi connectivity index (χ2v) is 6.89. The van der Waals surface area contributed by atoms with Gasteiger partial charge in [-0.25, -0.2) is 0 Å². The fraction of sp³-hybridized carbons (Fsp3) is 0.263. The smallest absolute Gasteiger partial charge is 0.241 e. The van der Waals surface area contributed by atoms with Gasteiger partial charge < -0.3 is 5.32 Å². The largest absolute Gasteiger partial charge is 0.323 e. The number of carbonyl (C=O) groups excluding carboxylic acids is 1. The summed E-state index contributed by atoms with van der Waals surface area (Å²) in [6, 6.07) is 14.4. The van der Waals surface area contributed by atoms with Gasteiger partial charge in [0.2, 0.25) is 5.91 Å². The molecule has 1 amide bonds. The minimum absolute atomic E-state index is 0.0598. The van der Waals surface area contributed by atoms with Crippen molar-refractivity contribution in [3.8, 4) is 6.07 Å². The number of amides is 1. The normalized spacial score (nSPS) is 17.2. The summed E-state index contributed by atoms with van der Waals surface area (Å²) >= 11 is 12.0. The Hall–Kier alpha value is -2.06. The molecule has 0 radical (unpaired) electrons. The van der Waals surface area contributed by atoms with Crippen LogP contribution >= 0.6 is 23.2 Å². The summed E-state index contributed by atoms with van der Waals surface area (Å²) in [7, 11) is 0. The maximum Gasteiger partial charge on any atom is 0.241 e. The highest BCUT2D eigenvalue weighted by atomic mass is 35.5. The van der Waals surface area contributed by atoms with Crippen LogP contribution in [-0.4, -0.2) is 23.4 Å². The molecule has 0 unspecified atom stereocenters. The van der Waals surface area contributed by atoms with Crippen molar-refractivity contribution in [1.29, 1.82) is 5.26 Å². The standard InChI is InChI=1S/C19H17Cl2N3O/c20-15-7-8-17(16(21)10-15)23-19(25)18-2-1-9-24(18)12-14-5-3-13(11-22)4-6-14/h3-8,10,18H,1-2,9,12H2,(H,23,25)/t18-/m0/s1. The number of anilines is 1. The number of nitriles is 1. The highest BCUT2D eigenvalue weighted by molar-refractivity contribution is 6.36. The fourth-order valence-electron chi connectivity index (χ4n) is 3.04. The lowest BCUT2D eigenvalue weighted by molar-refractivity contribution is -0.120. The van der Waals surface area contributed by atoms with E-state index in [2.05, 4.69) is 16.3 Å². The van der Waals surface area contributed by atoms with Gasteiger partial charge in [0.25, 0.3) is 0 Å². The number of halogens is 2. The van der Waals surface area contributed by atoms with Gasteiger partial charge in [-0.05, 0) is 55.3 Å². The Morgan fingerprint density at radius 2 is 2.00 bits per heavy atom. The van der Waals surface area contributed by atoms with E-state index < -0.39 is 0 Å². The van der Waals surface area contributed by atoms with Gasteiger partial charge >= 0.3 is 0 Å². The molecular formula is C19H17Cl2N3O. The van der Waals surface area contributed by atoms with Crippen molar-refractivity contribution in [1.82, 2.24) is 4.90 Å². The number of hydrogen-bond acceptors (Lipinski definition) is 3. The van der Waals surface area contributed by atoms with Gasteiger partial charge in [0, 0.05) is 11.6 Å². The lowest BCUT2D eigenvalue weighted by Crippen LogP contribution is -2.39. The van der Waals surface area contributed by atoms with Crippen LogP contribution in [0.2, 0.25) is 10.0 Å². The summed E-state index contributed by atoms with van der Waals surface area (Å²) in [5.74, 6) is -0.0598. The van der Waals surface area contributed by atoms with Gasteiger partial charge in [-0.15, -0.1) is 0 Å². The van der Waals surface area contributed by atoms with E-state index in [0.29, 0.717) is 27.8 Å². The summed E-state index contributed by atoms with van der Waals surface area (Å²) in [5, 5.41) is 12.7. The lowest BCUT2D eigenvalue weighted by atomic mass is 10.1. The maximum absolute atomic E-state index is 12.7. The molecule has 1 heterocycles. The van der Waals surface area contributed by atoms with Crippen LogP contribution in [0.3, 0.4) is 0 Å². The van der Waals surface area contributed by atoms with Gasteiger partial charge in [0.05, 0.1) is 28.4 Å². The summed E-state index contributed by atoms with van der Waals surface area (Å²) in [6.45, 7) is 1.55. The second-order valence-electron chi connectivity index (χ2n) is 6.05. The minimum atomic E-state index is -0.192. The highest BCUT2D eigenvalue weighted by Crippen LogP contribution is 2.27. The molecule has 0 aliphatic carbocycles. The number of benzene rings is 2. The summed E-state index contributed by atoms with van der Waals surface area (Å²) in [5.41, 5.74) is 2.29. The molecule has 1 aliphatic rings. The van der Waals surface area contributed by atoms with E-state index in [1.54, 1.807) is 30.3 Å². The monoisotopic (exact) mass is 373 g/mol. The molecule has 1 fully saturated rings. The molecule has 3 rings (SSSR count). The van der Waals surface area contributed by atoms with Crippen LogP contribution in [0.15, 0.2) is 42.5 Å². The molecule has 25 heavy (non-hydrogen) atoms. The predicted octanol–water partition coefficient (Wildman–Crippen LogP) is 4.47. The van der Waals surface area contributed by atoms with E-state index >= 15 is 0 Å². The van der Waals surface area contributed by atoms with E-state index in [-0.39, 0.29) is 11.9 Å². The first-order chi connectivity index (χ1) is 12.1. The van der Waals surface area contributed by atoms with Crippen LogP contribution < -0.4 is 5.32 Å². The molecule has 1 aliphatic heterocycles. The summed E-state index contributed by atoms with van der Waals surface area (Å²) in [6.07, 6.45) is 1.79. The minimum Gasteiger partial charge on any atom is -0.323 e. The predicted molar refractivity (Wildman–Crippen MR) is 99.7 cm³/mol. The molecule has 1 N–H and O–H groups in total. The number of hydrogen-bond donors (Lipinski definition) is 1. The van der Waals surface area contributed by atoms with Crippen LogP contribution in [0, 0.1) is 11.3 Å².